The van der Waals surface area contributed by atoms with E-state index in [0.717, 1.165) is 50.7 Å². The number of nitrogens with zero attached hydrogens (tertiary/aromatic N) is 1. The smallest absolute Gasteiger partial charge is 0.190 e. The largest absolute Gasteiger partial charge is 0.496 e. The molecule has 0 radical (unpaired) electrons. The summed E-state index contributed by atoms with van der Waals surface area (Å²) in [6.45, 7) is 2.68. The predicted molar refractivity (Wildman–Crippen MR) is 128 cm³/mol. The van der Waals surface area contributed by atoms with E-state index in [-0.39, 0.29) is 24.0 Å². The van der Waals surface area contributed by atoms with Gasteiger partial charge in [-0.15, -0.1) is 24.0 Å². The van der Waals surface area contributed by atoms with Crippen molar-refractivity contribution < 1.29 is 9.47 Å². The second kappa shape index (κ2) is 15.9. The van der Waals surface area contributed by atoms with Crippen molar-refractivity contribution in [2.24, 2.45) is 4.99 Å². The summed E-state index contributed by atoms with van der Waals surface area (Å²) in [5.74, 6) is 1.81. The summed E-state index contributed by atoms with van der Waals surface area (Å²) >= 11 is 0. The first-order valence-electron chi connectivity index (χ1n) is 10.5. The third kappa shape index (κ3) is 9.96. The Morgan fingerprint density at radius 2 is 1.79 bits per heavy atom. The van der Waals surface area contributed by atoms with Crippen molar-refractivity contribution in [3.8, 4) is 5.75 Å². The van der Waals surface area contributed by atoms with Crippen LogP contribution >= 0.6 is 24.0 Å². The minimum atomic E-state index is 0. The quantitative estimate of drug-likeness (QED) is 0.202. The Labute approximate surface area is 188 Å². The summed E-state index contributed by atoms with van der Waals surface area (Å²) in [7, 11) is 3.53. The lowest BCUT2D eigenvalue weighted by atomic mass is 9.98. The number of methoxy groups -OCH3 is 1. The molecule has 2 N–H and O–H groups in total. The average Bonchev–Trinajstić information content (AvgIpc) is 2.72. The fourth-order valence-electron chi connectivity index (χ4n) is 3.54. The molecule has 0 bridgehead atoms. The summed E-state index contributed by atoms with van der Waals surface area (Å²) < 4.78 is 11.4. The maximum Gasteiger partial charge on any atom is 0.190 e. The van der Waals surface area contributed by atoms with Crippen LogP contribution in [0.5, 0.6) is 5.75 Å². The molecule has 1 aromatic rings. The fraction of sp³-hybridized carbons (Fsp3) is 0.682. The van der Waals surface area contributed by atoms with Gasteiger partial charge in [-0.25, -0.2) is 0 Å². The number of halogens is 1. The van der Waals surface area contributed by atoms with Crippen LogP contribution in [0.2, 0.25) is 0 Å². The van der Waals surface area contributed by atoms with Crippen molar-refractivity contribution in [3.05, 3.63) is 29.8 Å². The molecule has 0 atom stereocenters. The van der Waals surface area contributed by atoms with Crippen molar-refractivity contribution in [3.63, 3.8) is 0 Å². The van der Waals surface area contributed by atoms with Crippen molar-refractivity contribution >= 4 is 29.9 Å². The molecule has 0 saturated heterocycles. The molecule has 1 aromatic carbocycles. The Morgan fingerprint density at radius 3 is 2.54 bits per heavy atom. The Hall–Kier alpha value is -1.02. The molecule has 0 aromatic heterocycles. The van der Waals surface area contributed by atoms with Gasteiger partial charge in [-0.2, -0.15) is 0 Å². The maximum atomic E-state index is 5.98. The highest BCUT2D eigenvalue weighted by Gasteiger charge is 2.12. The normalized spacial score (nSPS) is 15.0. The molecular formula is C22H38IN3O2. The van der Waals surface area contributed by atoms with Crippen LogP contribution in [0.15, 0.2) is 29.3 Å². The van der Waals surface area contributed by atoms with Crippen molar-refractivity contribution in [2.75, 3.05) is 33.9 Å². The highest BCUT2D eigenvalue weighted by atomic mass is 127. The van der Waals surface area contributed by atoms with Crippen LogP contribution < -0.4 is 15.4 Å². The number of aliphatic imine (C=N–C) groups is 1. The Bertz CT molecular complexity index is 548. The summed E-state index contributed by atoms with van der Waals surface area (Å²) in [6, 6.07) is 8.14. The van der Waals surface area contributed by atoms with Gasteiger partial charge in [0.2, 0.25) is 0 Å². The van der Waals surface area contributed by atoms with Crippen molar-refractivity contribution in [1.82, 2.24) is 10.6 Å². The Morgan fingerprint density at radius 1 is 1.04 bits per heavy atom. The van der Waals surface area contributed by atoms with E-state index in [4.69, 9.17) is 9.47 Å². The number of benzene rings is 1. The number of hydrogen-bond donors (Lipinski definition) is 2. The highest BCUT2D eigenvalue weighted by Crippen LogP contribution is 2.20. The zero-order chi connectivity index (χ0) is 19.2. The molecule has 1 fully saturated rings. The van der Waals surface area contributed by atoms with Crippen LogP contribution in [0.25, 0.3) is 0 Å². The zero-order valence-corrected chi connectivity index (χ0v) is 19.9. The second-order valence-corrected chi connectivity index (χ2v) is 7.18. The van der Waals surface area contributed by atoms with E-state index in [9.17, 15) is 0 Å². The second-order valence-electron chi connectivity index (χ2n) is 7.18. The molecule has 28 heavy (non-hydrogen) atoms. The molecule has 6 heteroatoms. The molecule has 1 aliphatic rings. The summed E-state index contributed by atoms with van der Waals surface area (Å²) in [5, 5.41) is 6.76. The van der Waals surface area contributed by atoms with Gasteiger partial charge in [-0.3, -0.25) is 4.99 Å². The number of nitrogens with one attached hydrogen (secondary N) is 2. The molecule has 0 spiro atoms. The molecule has 5 nitrogen and oxygen atoms in total. The molecule has 0 aliphatic heterocycles. The van der Waals surface area contributed by atoms with E-state index < -0.39 is 0 Å². The van der Waals surface area contributed by atoms with Crippen LogP contribution in [0.4, 0.5) is 0 Å². The number of unbranched alkanes of at least 4 members (excludes halogenated alkanes) is 2. The molecule has 1 aliphatic carbocycles. The van der Waals surface area contributed by atoms with Gasteiger partial charge < -0.3 is 20.1 Å². The third-order valence-corrected chi connectivity index (χ3v) is 5.12. The monoisotopic (exact) mass is 503 g/mol. The minimum Gasteiger partial charge on any atom is -0.496 e. The highest BCUT2D eigenvalue weighted by molar-refractivity contribution is 14.0. The molecule has 2 rings (SSSR count). The van der Waals surface area contributed by atoms with E-state index in [1.807, 2.05) is 25.2 Å². The fourth-order valence-corrected chi connectivity index (χ4v) is 3.54. The lowest BCUT2D eigenvalue weighted by molar-refractivity contribution is 0.0264. The van der Waals surface area contributed by atoms with E-state index in [1.54, 1.807) is 7.11 Å². The standard InChI is InChI=1S/C22H37N3O2.HI/c1-23-22(25-17-15-19-11-7-8-14-21(19)26-2)24-16-9-4-10-18-27-20-12-5-3-6-13-20;/h7-8,11,14,20H,3-6,9-10,12-13,15-18H2,1-2H3,(H2,23,24,25);1H. The van der Waals surface area contributed by atoms with Crippen LogP contribution in [0.3, 0.4) is 0 Å². The van der Waals surface area contributed by atoms with Gasteiger partial charge in [0.1, 0.15) is 5.75 Å². The van der Waals surface area contributed by atoms with Gasteiger partial charge in [0.15, 0.2) is 5.96 Å². The van der Waals surface area contributed by atoms with Crippen molar-refractivity contribution in [1.29, 1.82) is 0 Å². The van der Waals surface area contributed by atoms with Gasteiger partial charge in [0.05, 0.1) is 13.2 Å². The zero-order valence-electron chi connectivity index (χ0n) is 17.5. The summed E-state index contributed by atoms with van der Waals surface area (Å²) in [4.78, 5) is 4.30. The van der Waals surface area contributed by atoms with Gasteiger partial charge >= 0.3 is 0 Å². The first kappa shape index (κ1) is 25.0. The third-order valence-electron chi connectivity index (χ3n) is 5.12. The summed E-state index contributed by atoms with van der Waals surface area (Å²) in [5.41, 5.74) is 1.21. The van der Waals surface area contributed by atoms with Gasteiger partial charge in [0, 0.05) is 26.7 Å². The molecule has 0 unspecified atom stereocenters. The number of para-hydroxylation sites is 1. The average molecular weight is 503 g/mol. The van der Waals surface area contributed by atoms with Crippen LogP contribution in [0.1, 0.15) is 56.9 Å². The van der Waals surface area contributed by atoms with Crippen molar-refractivity contribution in [2.45, 2.75) is 63.9 Å². The van der Waals surface area contributed by atoms with Gasteiger partial charge in [0.25, 0.3) is 0 Å². The maximum absolute atomic E-state index is 5.98. The Balaban J connectivity index is 0.00000392. The van der Waals surface area contributed by atoms with E-state index in [2.05, 4.69) is 21.7 Å². The van der Waals surface area contributed by atoms with E-state index in [1.165, 1.54) is 44.1 Å². The number of rotatable bonds is 11. The number of hydrogen-bond acceptors (Lipinski definition) is 3. The van der Waals surface area contributed by atoms with Crippen LogP contribution in [-0.4, -0.2) is 45.9 Å². The molecule has 0 amide bonds. The molecule has 1 saturated carbocycles. The lowest BCUT2D eigenvalue weighted by Gasteiger charge is -2.21. The molecule has 0 heterocycles. The van der Waals surface area contributed by atoms with E-state index >= 15 is 0 Å². The van der Waals surface area contributed by atoms with Crippen LogP contribution in [0, 0.1) is 0 Å². The summed E-state index contributed by atoms with van der Waals surface area (Å²) in [6.07, 6.45) is 11.5. The van der Waals surface area contributed by atoms with E-state index in [0.29, 0.717) is 6.10 Å². The minimum absolute atomic E-state index is 0. The SMILES string of the molecule is CN=C(NCCCCCOC1CCCCC1)NCCc1ccccc1OC.I. The predicted octanol–water partition coefficient (Wildman–Crippen LogP) is 4.54. The van der Waals surface area contributed by atoms with Gasteiger partial charge in [-0.05, 0) is 50.2 Å². The number of ether oxygens (including phenoxy) is 2. The van der Waals surface area contributed by atoms with Crippen LogP contribution in [-0.2, 0) is 11.2 Å². The molecule has 160 valence electrons. The first-order chi connectivity index (χ1) is 13.3. The number of guanidine groups is 1. The van der Waals surface area contributed by atoms with Gasteiger partial charge in [-0.1, -0.05) is 37.5 Å². The lowest BCUT2D eigenvalue weighted by Crippen LogP contribution is -2.38. The first-order valence-corrected chi connectivity index (χ1v) is 10.5. The topological polar surface area (TPSA) is 54.9 Å². The Kier molecular flexibility index (Phi) is 14.2. The molecular weight excluding hydrogens is 465 g/mol.